The van der Waals surface area contributed by atoms with Gasteiger partial charge in [-0.15, -0.1) is 0 Å². The topological polar surface area (TPSA) is 129 Å². The average molecular weight is 699 g/mol. The van der Waals surface area contributed by atoms with E-state index in [0.29, 0.717) is 24.0 Å². The molecule has 1 amide bonds. The third-order valence-corrected chi connectivity index (χ3v) is 10.7. The molecule has 3 aliphatic heterocycles. The van der Waals surface area contributed by atoms with E-state index in [2.05, 4.69) is 24.9 Å². The SMILES string of the molecule is CC(C)N(C(=O)c1cc(F)ccc1Oc1cncnc1N1CC2(CCN(C[C@@H]3CC[C@@H](N(c4ccn(C)n4)S(=O)O)CO3)CC2)C1)C(C)C. The molecule has 15 heteroatoms. The molecule has 1 aromatic carbocycles. The van der Waals surface area contributed by atoms with Gasteiger partial charge in [-0.25, -0.2) is 22.9 Å². The molecule has 3 aromatic rings. The van der Waals surface area contributed by atoms with E-state index in [1.165, 1.54) is 28.8 Å². The van der Waals surface area contributed by atoms with Crippen LogP contribution in [0.1, 0.15) is 63.7 Å². The van der Waals surface area contributed by atoms with Crippen LogP contribution in [0.3, 0.4) is 0 Å². The monoisotopic (exact) mass is 698 g/mol. The molecule has 3 aliphatic rings. The summed E-state index contributed by atoms with van der Waals surface area (Å²) < 4.78 is 52.0. The maximum Gasteiger partial charge on any atom is 0.263 e. The van der Waals surface area contributed by atoms with E-state index < -0.39 is 17.1 Å². The van der Waals surface area contributed by atoms with Crippen molar-refractivity contribution in [1.82, 2.24) is 29.5 Å². The molecule has 0 saturated carbocycles. The Morgan fingerprint density at radius 1 is 1.14 bits per heavy atom. The number of nitrogens with zero attached hydrogens (tertiary/aromatic N) is 8. The van der Waals surface area contributed by atoms with Gasteiger partial charge >= 0.3 is 0 Å². The maximum atomic E-state index is 14.4. The van der Waals surface area contributed by atoms with Gasteiger partial charge < -0.3 is 24.2 Å². The van der Waals surface area contributed by atoms with Crippen molar-refractivity contribution in [2.24, 2.45) is 12.5 Å². The van der Waals surface area contributed by atoms with Crippen molar-refractivity contribution in [3.8, 4) is 11.5 Å². The smallest absolute Gasteiger partial charge is 0.263 e. The summed E-state index contributed by atoms with van der Waals surface area (Å²) in [6.07, 6.45) is 8.59. The molecule has 5 heterocycles. The summed E-state index contributed by atoms with van der Waals surface area (Å²) >= 11 is -2.18. The molecule has 49 heavy (non-hydrogen) atoms. The van der Waals surface area contributed by atoms with Gasteiger partial charge in [-0.05, 0) is 84.7 Å². The number of carbonyl (C=O) groups is 1. The molecule has 13 nitrogen and oxygen atoms in total. The lowest BCUT2D eigenvalue weighted by Gasteiger charge is -2.54. The van der Waals surface area contributed by atoms with Crippen molar-refractivity contribution < 1.29 is 27.4 Å². The van der Waals surface area contributed by atoms with E-state index in [4.69, 9.17) is 9.47 Å². The molecule has 1 N–H and O–H groups in total. The van der Waals surface area contributed by atoms with E-state index in [1.807, 2.05) is 27.7 Å². The van der Waals surface area contributed by atoms with E-state index in [9.17, 15) is 17.9 Å². The largest absolute Gasteiger partial charge is 0.451 e. The van der Waals surface area contributed by atoms with Gasteiger partial charge in [-0.1, -0.05) is 0 Å². The molecule has 3 fully saturated rings. The third kappa shape index (κ3) is 7.74. The Morgan fingerprint density at radius 2 is 1.88 bits per heavy atom. The van der Waals surface area contributed by atoms with E-state index in [0.717, 1.165) is 58.4 Å². The van der Waals surface area contributed by atoms with Crippen LogP contribution < -0.4 is 13.9 Å². The first-order chi connectivity index (χ1) is 23.4. The van der Waals surface area contributed by atoms with Crippen molar-refractivity contribution in [3.63, 3.8) is 0 Å². The lowest BCUT2D eigenvalue weighted by Crippen LogP contribution is -2.61. The first kappa shape index (κ1) is 35.2. The van der Waals surface area contributed by atoms with Crippen LogP contribution in [0.2, 0.25) is 0 Å². The predicted molar refractivity (Wildman–Crippen MR) is 184 cm³/mol. The number of piperidine rings is 1. The number of hydrogen-bond acceptors (Lipinski definition) is 9. The highest BCUT2D eigenvalue weighted by atomic mass is 32.2. The molecule has 3 saturated heterocycles. The van der Waals surface area contributed by atoms with Gasteiger partial charge in [0, 0.05) is 56.4 Å². The van der Waals surface area contributed by atoms with Crippen LogP contribution in [0.4, 0.5) is 16.0 Å². The fraction of sp³-hybridized carbons (Fsp3) is 0.588. The van der Waals surface area contributed by atoms with Gasteiger partial charge in [-0.2, -0.15) is 5.10 Å². The van der Waals surface area contributed by atoms with Gasteiger partial charge in [0.05, 0.1) is 30.5 Å². The lowest BCUT2D eigenvalue weighted by atomic mass is 9.72. The molecule has 1 spiro atoms. The van der Waals surface area contributed by atoms with Crippen molar-refractivity contribution >= 4 is 28.8 Å². The van der Waals surface area contributed by atoms with Crippen molar-refractivity contribution in [2.75, 3.05) is 48.5 Å². The molecule has 0 radical (unpaired) electrons. The Kier molecular flexibility index (Phi) is 10.5. The van der Waals surface area contributed by atoms with E-state index in [-0.39, 0.29) is 46.9 Å². The minimum absolute atomic E-state index is 0.0703. The quantitative estimate of drug-likeness (QED) is 0.286. The van der Waals surface area contributed by atoms with Gasteiger partial charge in [-0.3, -0.25) is 14.0 Å². The molecule has 1 unspecified atom stereocenters. The Bertz CT molecular complexity index is 1620. The molecule has 6 rings (SSSR count). The first-order valence-corrected chi connectivity index (χ1v) is 18.1. The Morgan fingerprint density at radius 3 is 2.49 bits per heavy atom. The average Bonchev–Trinajstić information content (AvgIpc) is 3.47. The van der Waals surface area contributed by atoms with Crippen molar-refractivity contribution in [2.45, 2.75) is 77.6 Å². The van der Waals surface area contributed by atoms with Crippen LogP contribution in [-0.2, 0) is 23.1 Å². The lowest BCUT2D eigenvalue weighted by molar-refractivity contribution is -0.0270. The summed E-state index contributed by atoms with van der Waals surface area (Å²) in [7, 11) is 1.78. The fourth-order valence-corrected chi connectivity index (χ4v) is 8.14. The number of carbonyl (C=O) groups excluding carboxylic acids is 1. The second-order valence-corrected chi connectivity index (χ2v) is 15.0. The van der Waals surface area contributed by atoms with Crippen LogP contribution in [0, 0.1) is 11.2 Å². The second-order valence-electron chi connectivity index (χ2n) is 14.1. The molecule has 0 bridgehead atoms. The summed E-state index contributed by atoms with van der Waals surface area (Å²) in [6.45, 7) is 12.6. The molecular weight excluding hydrogens is 651 g/mol. The highest BCUT2D eigenvalue weighted by Gasteiger charge is 2.46. The molecule has 3 atom stereocenters. The van der Waals surface area contributed by atoms with Gasteiger partial charge in [0.15, 0.2) is 17.4 Å². The summed E-state index contributed by atoms with van der Waals surface area (Å²) in [6, 6.07) is 5.41. The molecule has 266 valence electrons. The normalized spacial score (nSPS) is 21.5. The Balaban J connectivity index is 1.03. The standard InChI is InChI=1S/C34H47FN8O5S/c1-23(2)42(24(3)4)33(44)28-16-25(35)6-9-29(28)48-30-17-36-22-37-32(30)41-20-34(21-41)11-14-40(15-12-34)18-27-8-7-26(19-47-27)43(49(45)46)31-10-13-39(5)38-31/h6,9-10,13,16-17,22-24,26-27H,7-8,11-12,14-15,18-21H2,1-5H3,(H,45,46)/t26-,27+/m1/s1. The summed E-state index contributed by atoms with van der Waals surface area (Å²) in [5.74, 6) is 1.03. The van der Waals surface area contributed by atoms with Gasteiger partial charge in [0.1, 0.15) is 17.9 Å². The van der Waals surface area contributed by atoms with Crippen LogP contribution in [0.25, 0.3) is 0 Å². The zero-order chi connectivity index (χ0) is 34.9. The summed E-state index contributed by atoms with van der Waals surface area (Å²) in [4.78, 5) is 28.7. The molecule has 0 aliphatic carbocycles. The van der Waals surface area contributed by atoms with Crippen LogP contribution in [0.15, 0.2) is 43.0 Å². The van der Waals surface area contributed by atoms with Gasteiger partial charge in [0.25, 0.3) is 17.2 Å². The Labute approximate surface area is 289 Å². The molecular formula is C34H47FN8O5S. The van der Waals surface area contributed by atoms with Crippen molar-refractivity contribution in [3.05, 3.63) is 54.4 Å². The highest BCUT2D eigenvalue weighted by Crippen LogP contribution is 2.45. The number of rotatable bonds is 11. The number of aromatic nitrogens is 4. The number of halogens is 1. The Hall–Kier alpha value is -3.66. The summed E-state index contributed by atoms with van der Waals surface area (Å²) in [5.41, 5.74) is 0.341. The number of ether oxygens (including phenoxy) is 2. The number of hydrogen-bond donors (Lipinski definition) is 1. The van der Waals surface area contributed by atoms with Crippen LogP contribution in [-0.4, -0.2) is 108 Å². The fourth-order valence-electron chi connectivity index (χ4n) is 7.46. The number of anilines is 2. The second kappa shape index (κ2) is 14.7. The molecule has 2 aromatic heterocycles. The first-order valence-electron chi connectivity index (χ1n) is 17.0. The predicted octanol–water partition coefficient (Wildman–Crippen LogP) is 4.49. The van der Waals surface area contributed by atoms with Crippen LogP contribution >= 0.6 is 0 Å². The van der Waals surface area contributed by atoms with Gasteiger partial charge in [0.2, 0.25) is 0 Å². The summed E-state index contributed by atoms with van der Waals surface area (Å²) in [5, 5.41) is 4.31. The van der Waals surface area contributed by atoms with E-state index in [1.54, 1.807) is 35.1 Å². The number of benzene rings is 1. The minimum Gasteiger partial charge on any atom is -0.451 e. The maximum absolute atomic E-state index is 14.4. The van der Waals surface area contributed by atoms with E-state index >= 15 is 0 Å². The minimum atomic E-state index is -2.18. The van der Waals surface area contributed by atoms with Crippen LogP contribution in [0.5, 0.6) is 11.5 Å². The third-order valence-electron chi connectivity index (χ3n) is 9.90. The number of amides is 1. The number of likely N-dealkylation sites (tertiary alicyclic amines) is 1. The number of aryl methyl sites for hydroxylation is 1. The van der Waals surface area contributed by atoms with Crippen molar-refractivity contribution in [1.29, 1.82) is 0 Å². The zero-order valence-electron chi connectivity index (χ0n) is 28.9. The highest BCUT2D eigenvalue weighted by molar-refractivity contribution is 7.80. The zero-order valence-corrected chi connectivity index (χ0v) is 29.7.